The Morgan fingerprint density at radius 1 is 0.284 bits per heavy atom. The van der Waals surface area contributed by atoms with Gasteiger partial charge in [0.15, 0.2) is 6.10 Å². The first-order valence-corrected chi connectivity index (χ1v) is 32.3. The van der Waals surface area contributed by atoms with E-state index in [2.05, 4.69) is 81.5 Å². The average molecular weight is 1040 g/mol. The Balaban J connectivity index is 3.95. The molecule has 0 heterocycles. The highest BCUT2D eigenvalue weighted by Crippen LogP contribution is 2.18. The molecular weight excluding hydrogens is 913 g/mol. The molecule has 0 rings (SSSR count). The third-order valence-electron chi connectivity index (χ3n) is 14.3. The molecule has 0 N–H and O–H groups in total. The van der Waals surface area contributed by atoms with Gasteiger partial charge in [-0.1, -0.05) is 313 Å². The van der Waals surface area contributed by atoms with Crippen molar-refractivity contribution in [1.82, 2.24) is 0 Å². The van der Waals surface area contributed by atoms with Crippen molar-refractivity contribution in [3.05, 3.63) is 60.8 Å². The van der Waals surface area contributed by atoms with Crippen molar-refractivity contribution in [3.63, 3.8) is 0 Å². The molecule has 0 bridgehead atoms. The molecule has 0 aromatic carbocycles. The summed E-state index contributed by atoms with van der Waals surface area (Å²) in [6, 6.07) is 0. The van der Waals surface area contributed by atoms with Crippen molar-refractivity contribution in [2.24, 2.45) is 0 Å². The number of ether oxygens (including phenoxy) is 3. The minimum absolute atomic E-state index is 0.0853. The number of carbonyl (C=O) groups excluding carboxylic acids is 3. The highest BCUT2D eigenvalue weighted by atomic mass is 16.6. The minimum atomic E-state index is -0.787. The normalized spacial score (nSPS) is 12.4. The molecule has 6 heteroatoms. The Bertz CT molecular complexity index is 1330. The van der Waals surface area contributed by atoms with E-state index in [-0.39, 0.29) is 31.1 Å². The molecule has 0 amide bonds. The molecule has 0 aliphatic carbocycles. The second-order valence-electron chi connectivity index (χ2n) is 21.7. The summed E-state index contributed by atoms with van der Waals surface area (Å²) in [5.74, 6) is -0.919. The van der Waals surface area contributed by atoms with Crippen LogP contribution in [0.4, 0.5) is 0 Å². The third kappa shape index (κ3) is 60.0. The zero-order valence-electron chi connectivity index (χ0n) is 49.4. The molecule has 6 nitrogen and oxygen atoms in total. The van der Waals surface area contributed by atoms with Crippen molar-refractivity contribution < 1.29 is 28.6 Å². The smallest absolute Gasteiger partial charge is 0.306 e. The van der Waals surface area contributed by atoms with Crippen LogP contribution in [0.15, 0.2) is 60.8 Å². The highest BCUT2D eigenvalue weighted by molar-refractivity contribution is 5.71. The molecule has 74 heavy (non-hydrogen) atoms. The molecule has 0 fully saturated rings. The topological polar surface area (TPSA) is 78.9 Å². The fourth-order valence-electron chi connectivity index (χ4n) is 9.47. The van der Waals surface area contributed by atoms with Crippen molar-refractivity contribution >= 4 is 17.9 Å². The van der Waals surface area contributed by atoms with Gasteiger partial charge in [0.05, 0.1) is 0 Å². The van der Waals surface area contributed by atoms with E-state index in [1.54, 1.807) is 0 Å². The zero-order valence-corrected chi connectivity index (χ0v) is 49.4. The molecule has 0 radical (unpaired) electrons. The maximum absolute atomic E-state index is 12.8. The van der Waals surface area contributed by atoms with E-state index in [1.165, 1.54) is 193 Å². The molecule has 0 aliphatic heterocycles. The summed E-state index contributed by atoms with van der Waals surface area (Å²) in [5.41, 5.74) is 0. The zero-order chi connectivity index (χ0) is 53.6. The van der Waals surface area contributed by atoms with E-state index in [1.807, 2.05) is 0 Å². The predicted octanol–water partition coefficient (Wildman–Crippen LogP) is 21.9. The van der Waals surface area contributed by atoms with Crippen molar-refractivity contribution in [1.29, 1.82) is 0 Å². The molecule has 0 saturated heterocycles. The van der Waals surface area contributed by atoms with Crippen LogP contribution in [-0.2, 0) is 28.6 Å². The Kier molecular flexibility index (Phi) is 60.2. The fraction of sp³-hybridized carbons (Fsp3) is 0.809. The van der Waals surface area contributed by atoms with Crippen LogP contribution in [0.1, 0.15) is 335 Å². The summed E-state index contributed by atoms with van der Waals surface area (Å²) in [4.78, 5) is 37.9. The monoisotopic (exact) mass is 1030 g/mol. The number of rotatable bonds is 59. The summed E-state index contributed by atoms with van der Waals surface area (Å²) >= 11 is 0. The molecular formula is C68H122O6. The number of esters is 3. The largest absolute Gasteiger partial charge is 0.462 e. The van der Waals surface area contributed by atoms with Gasteiger partial charge in [-0.05, 0) is 64.2 Å². The van der Waals surface area contributed by atoms with Crippen molar-refractivity contribution in [2.45, 2.75) is 341 Å². The number of allylic oxidation sites excluding steroid dienone is 10. The first-order valence-electron chi connectivity index (χ1n) is 32.3. The molecule has 0 saturated carbocycles. The lowest BCUT2D eigenvalue weighted by Crippen LogP contribution is -2.30. The molecule has 0 aliphatic rings. The van der Waals surface area contributed by atoms with Crippen LogP contribution in [0.3, 0.4) is 0 Å². The van der Waals surface area contributed by atoms with Gasteiger partial charge in [-0.15, -0.1) is 0 Å². The van der Waals surface area contributed by atoms with Gasteiger partial charge in [0.25, 0.3) is 0 Å². The van der Waals surface area contributed by atoms with E-state index < -0.39 is 6.10 Å². The SMILES string of the molecule is CC/C=C\C/C=C\C/C=C\C/C=C\C/C=C\CCCCCC(=O)OC(COC(=O)CCCCCCC)COC(=O)CCCCCCCCCCCCCCCCCCCCCCCCCCCCCCCCCC. The van der Waals surface area contributed by atoms with Crippen molar-refractivity contribution in [2.75, 3.05) is 13.2 Å². The molecule has 430 valence electrons. The van der Waals surface area contributed by atoms with Crippen LogP contribution >= 0.6 is 0 Å². The summed E-state index contributed by atoms with van der Waals surface area (Å²) in [7, 11) is 0. The van der Waals surface area contributed by atoms with Gasteiger partial charge in [0.2, 0.25) is 0 Å². The number of hydrogen-bond donors (Lipinski definition) is 0. The molecule has 1 unspecified atom stereocenters. The number of unbranched alkanes of at least 4 members (excludes halogenated alkanes) is 38. The van der Waals surface area contributed by atoms with Gasteiger partial charge < -0.3 is 14.2 Å². The van der Waals surface area contributed by atoms with Crippen LogP contribution in [0.2, 0.25) is 0 Å². The van der Waals surface area contributed by atoms with E-state index in [0.717, 1.165) is 103 Å². The summed E-state index contributed by atoms with van der Waals surface area (Å²) in [6.07, 6.45) is 80.2. The third-order valence-corrected chi connectivity index (χ3v) is 14.3. The number of carbonyl (C=O) groups is 3. The van der Waals surface area contributed by atoms with Crippen molar-refractivity contribution in [3.8, 4) is 0 Å². The standard InChI is InChI=1S/C68H122O6/c1-4-7-10-13-15-17-19-21-23-25-27-28-29-30-31-32-33-34-35-36-37-38-39-41-42-44-46-48-50-52-55-58-61-67(70)73-64-65(63-72-66(69)60-57-54-12-9-6-3)74-68(71)62-59-56-53-51-49-47-45-43-40-26-24-22-20-18-16-14-11-8-5-2/h8,11,16,18,22,24,40,43,47,49,65H,4-7,9-10,12-15,17,19-21,23,25-39,41-42,44-46,48,50-64H2,1-3H3/b11-8-,18-16-,24-22-,43-40-,49-47-. The molecule has 0 aromatic rings. The van der Waals surface area contributed by atoms with Gasteiger partial charge in [0, 0.05) is 19.3 Å². The lowest BCUT2D eigenvalue weighted by atomic mass is 10.0. The van der Waals surface area contributed by atoms with Crippen LogP contribution in [0, 0.1) is 0 Å². The first-order chi connectivity index (χ1) is 36.5. The van der Waals surface area contributed by atoms with Gasteiger partial charge in [-0.2, -0.15) is 0 Å². The van der Waals surface area contributed by atoms with E-state index in [9.17, 15) is 14.4 Å². The summed E-state index contributed by atoms with van der Waals surface area (Å²) in [5, 5.41) is 0. The van der Waals surface area contributed by atoms with Gasteiger partial charge in [0.1, 0.15) is 13.2 Å². The maximum atomic E-state index is 12.8. The Morgan fingerprint density at radius 2 is 0.527 bits per heavy atom. The van der Waals surface area contributed by atoms with E-state index >= 15 is 0 Å². The van der Waals surface area contributed by atoms with Gasteiger partial charge in [-0.3, -0.25) is 14.4 Å². The molecule has 0 spiro atoms. The first kappa shape index (κ1) is 71.1. The second kappa shape index (κ2) is 62.6. The quantitative estimate of drug-likeness (QED) is 0.0261. The van der Waals surface area contributed by atoms with Crippen LogP contribution in [0.5, 0.6) is 0 Å². The van der Waals surface area contributed by atoms with E-state index in [4.69, 9.17) is 14.2 Å². The van der Waals surface area contributed by atoms with Crippen LogP contribution in [0.25, 0.3) is 0 Å². The van der Waals surface area contributed by atoms with Crippen LogP contribution < -0.4 is 0 Å². The van der Waals surface area contributed by atoms with Gasteiger partial charge in [-0.25, -0.2) is 0 Å². The van der Waals surface area contributed by atoms with Crippen LogP contribution in [-0.4, -0.2) is 37.2 Å². The Labute approximate surface area is 460 Å². The lowest BCUT2D eigenvalue weighted by molar-refractivity contribution is -0.167. The fourth-order valence-corrected chi connectivity index (χ4v) is 9.47. The summed E-state index contributed by atoms with van der Waals surface area (Å²) < 4.78 is 16.7. The van der Waals surface area contributed by atoms with E-state index in [0.29, 0.717) is 19.3 Å². The second-order valence-corrected chi connectivity index (χ2v) is 21.7. The predicted molar refractivity (Wildman–Crippen MR) is 321 cm³/mol. The summed E-state index contributed by atoms with van der Waals surface area (Å²) in [6.45, 7) is 6.45. The average Bonchev–Trinajstić information content (AvgIpc) is 3.40. The molecule has 0 aromatic heterocycles. The molecule has 1 atom stereocenters. The Morgan fingerprint density at radius 3 is 0.824 bits per heavy atom. The van der Waals surface area contributed by atoms with Gasteiger partial charge >= 0.3 is 17.9 Å². The number of hydrogen-bond acceptors (Lipinski definition) is 6. The maximum Gasteiger partial charge on any atom is 0.306 e. The Hall–Kier alpha value is -2.89. The highest BCUT2D eigenvalue weighted by Gasteiger charge is 2.19. The minimum Gasteiger partial charge on any atom is -0.462 e. The lowest BCUT2D eigenvalue weighted by Gasteiger charge is -2.18.